The van der Waals surface area contributed by atoms with Gasteiger partial charge in [-0.2, -0.15) is 0 Å². The predicted molar refractivity (Wildman–Crippen MR) is 73.4 cm³/mol. The van der Waals surface area contributed by atoms with Crippen LogP contribution in [-0.2, 0) is 16.0 Å². The lowest BCUT2D eigenvalue weighted by Gasteiger charge is -2.13. The van der Waals surface area contributed by atoms with Gasteiger partial charge in [-0.25, -0.2) is 0 Å². The normalized spacial score (nSPS) is 12.3. The summed E-state index contributed by atoms with van der Waals surface area (Å²) in [7, 11) is 0. The van der Waals surface area contributed by atoms with Crippen LogP contribution in [0.2, 0.25) is 0 Å². The molecule has 0 aromatic heterocycles. The lowest BCUT2D eigenvalue weighted by atomic mass is 9.96. The number of hydrogen-bond acceptors (Lipinski definition) is 2. The third kappa shape index (κ3) is 3.10. The van der Waals surface area contributed by atoms with Crippen molar-refractivity contribution in [1.82, 2.24) is 0 Å². The van der Waals surface area contributed by atoms with Gasteiger partial charge in [-0.15, -0.1) is 0 Å². The average molecular weight is 242 g/mol. The number of hydrogen-bond donors (Lipinski definition) is 0. The van der Waals surface area contributed by atoms with Crippen molar-refractivity contribution in [2.45, 2.75) is 20.3 Å². The molecule has 2 aromatic rings. The third-order valence-corrected chi connectivity index (χ3v) is 3.02. The summed E-state index contributed by atoms with van der Waals surface area (Å²) >= 11 is 0. The molecule has 2 nitrogen and oxygen atoms in total. The Morgan fingerprint density at radius 2 is 1.89 bits per heavy atom. The Labute approximate surface area is 108 Å². The minimum absolute atomic E-state index is 0.209. The highest BCUT2D eigenvalue weighted by Crippen LogP contribution is 2.21. The number of ether oxygens (including phenoxy) is 1. The van der Waals surface area contributed by atoms with E-state index in [1.807, 2.05) is 0 Å². The van der Waals surface area contributed by atoms with Crippen molar-refractivity contribution in [2.24, 2.45) is 5.92 Å². The smallest absolute Gasteiger partial charge is 0.302 e. The van der Waals surface area contributed by atoms with E-state index >= 15 is 0 Å². The highest BCUT2D eigenvalue weighted by molar-refractivity contribution is 5.85. The monoisotopic (exact) mass is 242 g/mol. The zero-order valence-corrected chi connectivity index (χ0v) is 10.8. The van der Waals surface area contributed by atoms with Crippen LogP contribution in [0.5, 0.6) is 0 Å². The summed E-state index contributed by atoms with van der Waals surface area (Å²) < 4.78 is 5.05. The summed E-state index contributed by atoms with van der Waals surface area (Å²) in [4.78, 5) is 10.8. The molecule has 0 aliphatic heterocycles. The van der Waals surface area contributed by atoms with Gasteiger partial charge in [0, 0.05) is 6.92 Å². The molecule has 0 amide bonds. The van der Waals surface area contributed by atoms with Gasteiger partial charge >= 0.3 is 5.97 Å². The predicted octanol–water partition coefficient (Wildman–Crippen LogP) is 3.58. The second-order valence-electron chi connectivity index (χ2n) is 4.75. The van der Waals surface area contributed by atoms with Crippen LogP contribution in [0.3, 0.4) is 0 Å². The second kappa shape index (κ2) is 5.67. The Morgan fingerprint density at radius 1 is 1.17 bits per heavy atom. The topological polar surface area (TPSA) is 26.3 Å². The molecule has 0 fully saturated rings. The number of carbonyl (C=O) groups is 1. The van der Waals surface area contributed by atoms with Crippen molar-refractivity contribution < 1.29 is 9.53 Å². The molecule has 1 atom stereocenters. The number of benzene rings is 2. The third-order valence-electron chi connectivity index (χ3n) is 3.02. The number of fused-ring (bicyclic) bond motifs is 1. The van der Waals surface area contributed by atoms with Crippen molar-refractivity contribution in [1.29, 1.82) is 0 Å². The van der Waals surface area contributed by atoms with E-state index in [-0.39, 0.29) is 5.97 Å². The molecule has 0 aliphatic carbocycles. The molecular weight excluding hydrogens is 224 g/mol. The highest BCUT2D eigenvalue weighted by atomic mass is 16.5. The van der Waals surface area contributed by atoms with Gasteiger partial charge in [-0.1, -0.05) is 49.4 Å². The van der Waals surface area contributed by atoms with Crippen molar-refractivity contribution in [3.63, 3.8) is 0 Å². The van der Waals surface area contributed by atoms with Crippen LogP contribution in [0.4, 0.5) is 0 Å². The molecule has 94 valence electrons. The Hall–Kier alpha value is -1.83. The van der Waals surface area contributed by atoms with Crippen LogP contribution in [0.15, 0.2) is 42.5 Å². The maximum absolute atomic E-state index is 10.8. The first kappa shape index (κ1) is 12.6. The molecular formula is C16H18O2. The molecule has 0 bridgehead atoms. The first-order valence-electron chi connectivity index (χ1n) is 6.27. The quantitative estimate of drug-likeness (QED) is 0.766. The molecule has 0 spiro atoms. The summed E-state index contributed by atoms with van der Waals surface area (Å²) in [6.07, 6.45) is 0.925. The lowest BCUT2D eigenvalue weighted by molar-refractivity contribution is -0.142. The van der Waals surface area contributed by atoms with Crippen LogP contribution >= 0.6 is 0 Å². The van der Waals surface area contributed by atoms with Crippen molar-refractivity contribution >= 4 is 16.7 Å². The number of rotatable bonds is 4. The maximum Gasteiger partial charge on any atom is 0.302 e. The molecule has 0 unspecified atom stereocenters. The van der Waals surface area contributed by atoms with Crippen LogP contribution in [0.1, 0.15) is 19.4 Å². The Kier molecular flexibility index (Phi) is 3.98. The van der Waals surface area contributed by atoms with Crippen LogP contribution < -0.4 is 0 Å². The van der Waals surface area contributed by atoms with Crippen molar-refractivity contribution in [3.8, 4) is 0 Å². The SMILES string of the molecule is CC(=O)OC[C@@H](C)Cc1cccc2ccccc12. The van der Waals surface area contributed by atoms with Gasteiger partial charge in [-0.3, -0.25) is 4.79 Å². The van der Waals surface area contributed by atoms with Gasteiger partial charge in [0.1, 0.15) is 0 Å². The first-order valence-corrected chi connectivity index (χ1v) is 6.27. The van der Waals surface area contributed by atoms with Gasteiger partial charge in [0.25, 0.3) is 0 Å². The van der Waals surface area contributed by atoms with Crippen molar-refractivity contribution in [3.05, 3.63) is 48.0 Å². The van der Waals surface area contributed by atoms with E-state index < -0.39 is 0 Å². The van der Waals surface area contributed by atoms with E-state index in [1.54, 1.807) is 0 Å². The summed E-state index contributed by atoms with van der Waals surface area (Å²) in [6.45, 7) is 4.04. The Morgan fingerprint density at radius 3 is 2.67 bits per heavy atom. The summed E-state index contributed by atoms with van der Waals surface area (Å²) in [5, 5.41) is 2.55. The zero-order chi connectivity index (χ0) is 13.0. The van der Waals surface area contributed by atoms with Gasteiger partial charge in [0.05, 0.1) is 6.61 Å². The number of carbonyl (C=O) groups excluding carboxylic acids is 1. The summed E-state index contributed by atoms with van der Waals surface area (Å²) in [5.74, 6) is 0.125. The molecule has 0 saturated carbocycles. The Balaban J connectivity index is 2.14. The molecule has 0 heterocycles. The van der Waals surface area contributed by atoms with Gasteiger partial charge in [0.2, 0.25) is 0 Å². The minimum atomic E-state index is -0.209. The molecule has 18 heavy (non-hydrogen) atoms. The summed E-state index contributed by atoms with van der Waals surface area (Å²) in [6, 6.07) is 14.7. The first-order chi connectivity index (χ1) is 8.66. The zero-order valence-electron chi connectivity index (χ0n) is 10.8. The maximum atomic E-state index is 10.8. The van der Waals surface area contributed by atoms with E-state index in [0.29, 0.717) is 12.5 Å². The molecule has 0 aliphatic rings. The number of esters is 1. The van der Waals surface area contributed by atoms with Gasteiger partial charge in [-0.05, 0) is 28.7 Å². The van der Waals surface area contributed by atoms with Gasteiger partial charge in [0.15, 0.2) is 0 Å². The van der Waals surface area contributed by atoms with E-state index in [1.165, 1.54) is 23.3 Å². The molecule has 2 rings (SSSR count). The van der Waals surface area contributed by atoms with Crippen molar-refractivity contribution in [2.75, 3.05) is 6.61 Å². The molecule has 2 heteroatoms. The van der Waals surface area contributed by atoms with E-state index in [9.17, 15) is 4.79 Å². The molecule has 2 aromatic carbocycles. The second-order valence-corrected chi connectivity index (χ2v) is 4.75. The standard InChI is InChI=1S/C16H18O2/c1-12(11-18-13(2)17)10-15-8-5-7-14-6-3-4-9-16(14)15/h3-9,12H,10-11H2,1-2H3/t12-/m0/s1. The van der Waals surface area contributed by atoms with E-state index in [2.05, 4.69) is 49.4 Å². The van der Waals surface area contributed by atoms with Crippen LogP contribution in [0.25, 0.3) is 10.8 Å². The Bertz CT molecular complexity index is 540. The fourth-order valence-corrected chi connectivity index (χ4v) is 2.16. The van der Waals surface area contributed by atoms with Crippen LogP contribution in [-0.4, -0.2) is 12.6 Å². The fourth-order valence-electron chi connectivity index (χ4n) is 2.16. The van der Waals surface area contributed by atoms with Gasteiger partial charge < -0.3 is 4.74 Å². The summed E-state index contributed by atoms with van der Waals surface area (Å²) in [5.41, 5.74) is 1.31. The molecule has 0 saturated heterocycles. The highest BCUT2D eigenvalue weighted by Gasteiger charge is 2.08. The van der Waals surface area contributed by atoms with E-state index in [4.69, 9.17) is 4.74 Å². The van der Waals surface area contributed by atoms with Crippen LogP contribution in [0, 0.1) is 5.92 Å². The lowest BCUT2D eigenvalue weighted by Crippen LogP contribution is -2.11. The molecule has 0 N–H and O–H groups in total. The fraction of sp³-hybridized carbons (Fsp3) is 0.312. The van der Waals surface area contributed by atoms with E-state index in [0.717, 1.165) is 6.42 Å². The minimum Gasteiger partial charge on any atom is -0.466 e. The average Bonchev–Trinajstić information content (AvgIpc) is 2.37. The largest absolute Gasteiger partial charge is 0.466 e. The molecule has 0 radical (unpaired) electrons.